The second-order valence-electron chi connectivity index (χ2n) is 7.27. The summed E-state index contributed by atoms with van der Waals surface area (Å²) in [5, 5.41) is 3.47. The lowest BCUT2D eigenvalue weighted by Gasteiger charge is -2.27. The van der Waals surface area contributed by atoms with Crippen molar-refractivity contribution in [3.63, 3.8) is 0 Å². The minimum absolute atomic E-state index is 0. The summed E-state index contributed by atoms with van der Waals surface area (Å²) >= 11 is 0. The fourth-order valence-electron chi connectivity index (χ4n) is 3.91. The molecule has 4 heteroatoms. The van der Waals surface area contributed by atoms with Gasteiger partial charge in [0.15, 0.2) is 0 Å². The summed E-state index contributed by atoms with van der Waals surface area (Å²) in [5.74, 6) is 2.94. The fraction of sp³-hybridized carbons (Fsp3) is 1.00. The van der Waals surface area contributed by atoms with Crippen LogP contribution in [0.2, 0.25) is 0 Å². The Morgan fingerprint density at radius 1 is 0.950 bits per heavy atom. The van der Waals surface area contributed by atoms with Crippen LogP contribution in [0.4, 0.5) is 0 Å². The van der Waals surface area contributed by atoms with E-state index >= 15 is 0 Å². The third-order valence-electron chi connectivity index (χ3n) is 5.18. The van der Waals surface area contributed by atoms with E-state index in [4.69, 9.17) is 0 Å². The van der Waals surface area contributed by atoms with Gasteiger partial charge in [-0.05, 0) is 76.5 Å². The molecule has 118 valence electrons. The zero-order valence-electron chi connectivity index (χ0n) is 13.0. The first kappa shape index (κ1) is 16.5. The summed E-state index contributed by atoms with van der Waals surface area (Å²) in [6.45, 7) is 9.25. The number of hydrogen-bond donors (Lipinski definition) is 1. The van der Waals surface area contributed by atoms with Crippen LogP contribution in [-0.2, 0) is 0 Å². The zero-order valence-corrected chi connectivity index (χ0v) is 13.8. The molecule has 0 spiro atoms. The number of nitrogens with one attached hydrogen (secondary N) is 1. The Kier molecular flexibility index (Phi) is 6.60. The number of piperidine rings is 1. The highest BCUT2D eigenvalue weighted by molar-refractivity contribution is 5.85. The van der Waals surface area contributed by atoms with Crippen molar-refractivity contribution < 1.29 is 0 Å². The molecule has 0 aromatic heterocycles. The SMILES string of the molecule is CN(CC1CC1)CC1CCN(CC2CCNCC2)C1.Cl. The number of halogens is 1. The highest BCUT2D eigenvalue weighted by Gasteiger charge is 2.28. The van der Waals surface area contributed by atoms with Crippen LogP contribution in [0.5, 0.6) is 0 Å². The molecule has 3 nitrogen and oxygen atoms in total. The minimum atomic E-state index is 0. The monoisotopic (exact) mass is 301 g/mol. The second-order valence-corrected chi connectivity index (χ2v) is 7.27. The van der Waals surface area contributed by atoms with Crippen LogP contribution in [0.1, 0.15) is 32.1 Å². The molecule has 1 N–H and O–H groups in total. The molecule has 2 saturated heterocycles. The molecular formula is C16H32ClN3. The van der Waals surface area contributed by atoms with Gasteiger partial charge in [0.05, 0.1) is 0 Å². The van der Waals surface area contributed by atoms with E-state index in [2.05, 4.69) is 22.2 Å². The maximum absolute atomic E-state index is 3.47. The predicted molar refractivity (Wildman–Crippen MR) is 87.6 cm³/mol. The molecule has 0 aromatic carbocycles. The summed E-state index contributed by atoms with van der Waals surface area (Å²) in [4.78, 5) is 5.34. The van der Waals surface area contributed by atoms with Gasteiger partial charge in [0.25, 0.3) is 0 Å². The highest BCUT2D eigenvalue weighted by Crippen LogP contribution is 2.30. The van der Waals surface area contributed by atoms with E-state index in [-0.39, 0.29) is 12.4 Å². The first-order chi connectivity index (χ1) is 9.29. The van der Waals surface area contributed by atoms with E-state index in [0.29, 0.717) is 0 Å². The first-order valence-corrected chi connectivity index (χ1v) is 8.41. The van der Waals surface area contributed by atoms with Gasteiger partial charge in [0, 0.05) is 26.2 Å². The van der Waals surface area contributed by atoms with Crippen molar-refractivity contribution in [2.75, 3.05) is 52.9 Å². The molecular weight excluding hydrogens is 270 g/mol. The molecule has 3 rings (SSSR count). The topological polar surface area (TPSA) is 18.5 Å². The summed E-state index contributed by atoms with van der Waals surface area (Å²) in [5.41, 5.74) is 0. The normalized spacial score (nSPS) is 28.8. The first-order valence-electron chi connectivity index (χ1n) is 8.41. The molecule has 0 aromatic rings. The lowest BCUT2D eigenvalue weighted by molar-refractivity contribution is 0.220. The van der Waals surface area contributed by atoms with Crippen LogP contribution in [-0.4, -0.2) is 62.7 Å². The van der Waals surface area contributed by atoms with Gasteiger partial charge >= 0.3 is 0 Å². The molecule has 1 atom stereocenters. The summed E-state index contributed by atoms with van der Waals surface area (Å²) in [6, 6.07) is 0. The van der Waals surface area contributed by atoms with Crippen molar-refractivity contribution in [2.24, 2.45) is 17.8 Å². The lowest BCUT2D eigenvalue weighted by Crippen LogP contribution is -2.36. The molecule has 0 amide bonds. The van der Waals surface area contributed by atoms with Gasteiger partial charge in [0.2, 0.25) is 0 Å². The standard InChI is InChI=1S/C16H31N3.ClH/c1-18(10-14-2-3-14)11-16-6-9-19(13-16)12-15-4-7-17-8-5-15;/h14-17H,2-13H2,1H3;1H. The third kappa shape index (κ3) is 5.18. The Bertz CT molecular complexity index is 277. The molecule has 1 unspecified atom stereocenters. The smallest absolute Gasteiger partial charge is 0.00225 e. The maximum Gasteiger partial charge on any atom is 0.00225 e. The molecule has 2 aliphatic heterocycles. The van der Waals surface area contributed by atoms with E-state index in [1.165, 1.54) is 77.9 Å². The molecule has 0 bridgehead atoms. The number of nitrogens with zero attached hydrogens (tertiary/aromatic N) is 2. The Morgan fingerprint density at radius 3 is 2.35 bits per heavy atom. The van der Waals surface area contributed by atoms with E-state index in [9.17, 15) is 0 Å². The van der Waals surface area contributed by atoms with Crippen molar-refractivity contribution in [1.29, 1.82) is 0 Å². The van der Waals surface area contributed by atoms with Crippen LogP contribution in [0.15, 0.2) is 0 Å². The zero-order chi connectivity index (χ0) is 13.1. The largest absolute Gasteiger partial charge is 0.317 e. The lowest BCUT2D eigenvalue weighted by atomic mass is 9.98. The Morgan fingerprint density at radius 2 is 1.65 bits per heavy atom. The van der Waals surface area contributed by atoms with Crippen molar-refractivity contribution >= 4 is 12.4 Å². The maximum atomic E-state index is 3.47. The molecule has 1 aliphatic carbocycles. The van der Waals surface area contributed by atoms with Crippen molar-refractivity contribution in [3.05, 3.63) is 0 Å². The van der Waals surface area contributed by atoms with E-state index in [1.54, 1.807) is 0 Å². The van der Waals surface area contributed by atoms with Crippen LogP contribution in [0.3, 0.4) is 0 Å². The molecule has 20 heavy (non-hydrogen) atoms. The van der Waals surface area contributed by atoms with Gasteiger partial charge in [0.1, 0.15) is 0 Å². The Hall–Kier alpha value is 0.170. The number of hydrogen-bond acceptors (Lipinski definition) is 3. The van der Waals surface area contributed by atoms with Gasteiger partial charge in [-0.3, -0.25) is 0 Å². The van der Waals surface area contributed by atoms with Gasteiger partial charge in [-0.2, -0.15) is 0 Å². The van der Waals surface area contributed by atoms with Crippen LogP contribution in [0, 0.1) is 17.8 Å². The Balaban J connectivity index is 0.00000147. The number of likely N-dealkylation sites (tertiary alicyclic amines) is 1. The number of rotatable bonds is 6. The summed E-state index contributed by atoms with van der Waals surface area (Å²) in [6.07, 6.45) is 7.18. The average Bonchev–Trinajstić information content (AvgIpc) is 3.11. The minimum Gasteiger partial charge on any atom is -0.317 e. The molecule has 2 heterocycles. The molecule has 0 radical (unpaired) electrons. The van der Waals surface area contributed by atoms with Crippen molar-refractivity contribution in [2.45, 2.75) is 32.1 Å². The van der Waals surface area contributed by atoms with E-state index in [1.807, 2.05) is 0 Å². The fourth-order valence-corrected chi connectivity index (χ4v) is 3.91. The van der Waals surface area contributed by atoms with Gasteiger partial charge < -0.3 is 15.1 Å². The summed E-state index contributed by atoms with van der Waals surface area (Å²) < 4.78 is 0. The quantitative estimate of drug-likeness (QED) is 0.810. The van der Waals surface area contributed by atoms with Crippen LogP contribution < -0.4 is 5.32 Å². The second kappa shape index (κ2) is 7.98. The highest BCUT2D eigenvalue weighted by atomic mass is 35.5. The van der Waals surface area contributed by atoms with E-state index < -0.39 is 0 Å². The van der Waals surface area contributed by atoms with E-state index in [0.717, 1.165) is 17.8 Å². The molecule has 3 fully saturated rings. The van der Waals surface area contributed by atoms with Crippen molar-refractivity contribution in [3.8, 4) is 0 Å². The van der Waals surface area contributed by atoms with Crippen LogP contribution in [0.25, 0.3) is 0 Å². The van der Waals surface area contributed by atoms with Crippen molar-refractivity contribution in [1.82, 2.24) is 15.1 Å². The third-order valence-corrected chi connectivity index (χ3v) is 5.18. The molecule has 1 saturated carbocycles. The predicted octanol–water partition coefficient (Wildman–Crippen LogP) is 2.07. The van der Waals surface area contributed by atoms with Gasteiger partial charge in [-0.1, -0.05) is 0 Å². The average molecular weight is 302 g/mol. The Labute approximate surface area is 130 Å². The summed E-state index contributed by atoms with van der Waals surface area (Å²) in [7, 11) is 2.33. The van der Waals surface area contributed by atoms with Gasteiger partial charge in [-0.25, -0.2) is 0 Å². The molecule has 3 aliphatic rings. The van der Waals surface area contributed by atoms with Gasteiger partial charge in [-0.15, -0.1) is 12.4 Å². The van der Waals surface area contributed by atoms with Crippen LogP contribution >= 0.6 is 12.4 Å².